The molecule has 0 saturated heterocycles. The van der Waals surface area contributed by atoms with Gasteiger partial charge in [-0.25, -0.2) is 4.79 Å². The van der Waals surface area contributed by atoms with Crippen molar-refractivity contribution in [3.8, 4) is 0 Å². The summed E-state index contributed by atoms with van der Waals surface area (Å²) in [5.41, 5.74) is 6.28. The van der Waals surface area contributed by atoms with Gasteiger partial charge in [0.25, 0.3) is 0 Å². The van der Waals surface area contributed by atoms with E-state index in [1.165, 1.54) is 0 Å². The monoisotopic (exact) mass is 418 g/mol. The second-order valence-corrected chi connectivity index (χ2v) is 11.4. The van der Waals surface area contributed by atoms with Gasteiger partial charge in [0.1, 0.15) is 0 Å². The van der Waals surface area contributed by atoms with Crippen LogP contribution in [-0.2, 0) is 14.3 Å². The molecule has 0 heterocycles. The molecule has 1 amide bonds. The van der Waals surface area contributed by atoms with Crippen molar-refractivity contribution in [2.45, 2.75) is 91.6 Å². The molecular weight excluding hydrogens is 376 g/mol. The van der Waals surface area contributed by atoms with E-state index >= 15 is 0 Å². The summed E-state index contributed by atoms with van der Waals surface area (Å²) in [7, 11) is 0. The number of esters is 1. The normalized spacial score (nSPS) is 41.2. The predicted octanol–water partition coefficient (Wildman–Crippen LogP) is 4.21. The third-order valence-electron chi connectivity index (χ3n) is 8.53. The Balaban J connectivity index is 1.82. The zero-order valence-corrected chi connectivity index (χ0v) is 19.8. The molecule has 3 aliphatic rings. The van der Waals surface area contributed by atoms with Crippen LogP contribution in [0.2, 0.25) is 0 Å². The van der Waals surface area contributed by atoms with Crippen LogP contribution in [0.5, 0.6) is 0 Å². The zero-order valence-electron chi connectivity index (χ0n) is 19.8. The van der Waals surface area contributed by atoms with Gasteiger partial charge in [0.2, 0.25) is 5.91 Å². The van der Waals surface area contributed by atoms with Gasteiger partial charge in [0.05, 0.1) is 6.61 Å². The molecule has 7 atom stereocenters. The molecule has 0 unspecified atom stereocenters. The number of carbonyl (C=O) groups excluding carboxylic acids is 2. The van der Waals surface area contributed by atoms with E-state index in [-0.39, 0.29) is 40.2 Å². The van der Waals surface area contributed by atoms with Gasteiger partial charge in [-0.15, -0.1) is 0 Å². The number of amides is 1. The Morgan fingerprint density at radius 2 is 1.80 bits per heavy atom. The molecule has 3 aliphatic carbocycles. The van der Waals surface area contributed by atoms with Crippen molar-refractivity contribution < 1.29 is 14.3 Å². The Labute approximate surface area is 182 Å². The van der Waals surface area contributed by atoms with Gasteiger partial charge in [-0.3, -0.25) is 4.79 Å². The van der Waals surface area contributed by atoms with E-state index in [1.54, 1.807) is 6.08 Å². The lowest BCUT2D eigenvalue weighted by Crippen LogP contribution is -2.56. The maximum absolute atomic E-state index is 13.1. The van der Waals surface area contributed by atoms with Crippen molar-refractivity contribution in [2.75, 3.05) is 6.61 Å². The SMILES string of the molecule is CCOC(=O)/C=C\[C@@]1(C)[C@H](N)CC[C@@H]2[C@@H]1CC[C@]1(C)[C@@H](C(=O)NC(C)(C)C)CC[C@@H]21. The van der Waals surface area contributed by atoms with E-state index in [4.69, 9.17) is 10.5 Å². The minimum atomic E-state index is -0.284. The van der Waals surface area contributed by atoms with Crippen LogP contribution in [0.25, 0.3) is 0 Å². The predicted molar refractivity (Wildman–Crippen MR) is 120 cm³/mol. The summed E-state index contributed by atoms with van der Waals surface area (Å²) < 4.78 is 5.10. The van der Waals surface area contributed by atoms with Gasteiger partial charge in [0.15, 0.2) is 0 Å². The van der Waals surface area contributed by atoms with E-state index < -0.39 is 0 Å². The molecule has 170 valence electrons. The molecule has 3 rings (SSSR count). The Morgan fingerprint density at radius 3 is 2.43 bits per heavy atom. The molecule has 3 fully saturated rings. The Morgan fingerprint density at radius 1 is 1.10 bits per heavy atom. The second-order valence-electron chi connectivity index (χ2n) is 11.4. The lowest BCUT2D eigenvalue weighted by atomic mass is 9.48. The van der Waals surface area contributed by atoms with Crippen LogP contribution in [-0.4, -0.2) is 30.1 Å². The number of ether oxygens (including phenoxy) is 1. The molecule has 0 aromatic carbocycles. The van der Waals surface area contributed by atoms with E-state index in [0.717, 1.165) is 38.5 Å². The number of hydrogen-bond acceptors (Lipinski definition) is 4. The Hall–Kier alpha value is -1.36. The minimum Gasteiger partial charge on any atom is -0.463 e. The highest BCUT2D eigenvalue weighted by Gasteiger charge is 2.60. The van der Waals surface area contributed by atoms with Gasteiger partial charge in [-0.05, 0) is 89.4 Å². The standard InChI is InChI=1S/C25H42N2O3/c1-7-30-21(28)13-15-25(6)18-12-14-24(5)17(16(18)8-11-20(25)26)9-10-19(24)22(29)27-23(2,3)4/h13,15-20H,7-12,14,26H2,1-6H3,(H,27,29)/b15-13-/t16-,17-,18-,19+,20+,24-,25+/m0/s1. The zero-order chi connectivity index (χ0) is 22.3. The Kier molecular flexibility index (Phi) is 6.44. The first-order valence-corrected chi connectivity index (χ1v) is 11.9. The average molecular weight is 419 g/mol. The first kappa shape index (κ1) is 23.3. The summed E-state index contributed by atoms with van der Waals surface area (Å²) in [5.74, 6) is 1.61. The summed E-state index contributed by atoms with van der Waals surface area (Å²) in [6, 6.07) is 0.0511. The van der Waals surface area contributed by atoms with Gasteiger partial charge in [-0.2, -0.15) is 0 Å². The average Bonchev–Trinajstić information content (AvgIpc) is 2.99. The summed E-state index contributed by atoms with van der Waals surface area (Å²) in [6.07, 6.45) is 9.94. The number of nitrogens with one attached hydrogen (secondary N) is 1. The van der Waals surface area contributed by atoms with Crippen LogP contribution in [0.1, 0.15) is 80.1 Å². The highest BCUT2D eigenvalue weighted by Crippen LogP contribution is 2.64. The van der Waals surface area contributed by atoms with Gasteiger partial charge in [-0.1, -0.05) is 19.9 Å². The third kappa shape index (κ3) is 4.19. The van der Waals surface area contributed by atoms with Crippen LogP contribution in [0.3, 0.4) is 0 Å². The molecule has 0 aliphatic heterocycles. The molecule has 3 saturated carbocycles. The first-order valence-electron chi connectivity index (χ1n) is 11.9. The van der Waals surface area contributed by atoms with Crippen LogP contribution in [0.15, 0.2) is 12.2 Å². The van der Waals surface area contributed by atoms with Crippen molar-refractivity contribution >= 4 is 11.9 Å². The fourth-order valence-electron chi connectivity index (χ4n) is 6.99. The summed E-state index contributed by atoms with van der Waals surface area (Å²) in [5, 5.41) is 3.24. The van der Waals surface area contributed by atoms with E-state index in [2.05, 4.69) is 39.9 Å². The van der Waals surface area contributed by atoms with Crippen molar-refractivity contribution in [2.24, 2.45) is 40.2 Å². The maximum Gasteiger partial charge on any atom is 0.330 e. The molecular formula is C25H42N2O3. The van der Waals surface area contributed by atoms with Gasteiger partial charge in [0, 0.05) is 29.0 Å². The molecule has 0 aromatic heterocycles. The number of carbonyl (C=O) groups is 2. The van der Waals surface area contributed by atoms with Gasteiger partial charge < -0.3 is 15.8 Å². The lowest BCUT2D eigenvalue weighted by molar-refractivity contribution is -0.138. The van der Waals surface area contributed by atoms with Crippen molar-refractivity contribution in [1.29, 1.82) is 0 Å². The number of fused-ring (bicyclic) bond motifs is 3. The molecule has 30 heavy (non-hydrogen) atoms. The molecule has 3 N–H and O–H groups in total. The molecule has 0 aromatic rings. The fourth-order valence-corrected chi connectivity index (χ4v) is 6.99. The highest BCUT2D eigenvalue weighted by atomic mass is 16.5. The molecule has 5 heteroatoms. The van der Waals surface area contributed by atoms with Gasteiger partial charge >= 0.3 is 5.97 Å². The quantitative estimate of drug-likeness (QED) is 0.529. The number of rotatable bonds is 4. The fraction of sp³-hybridized carbons (Fsp3) is 0.840. The molecule has 0 radical (unpaired) electrons. The highest BCUT2D eigenvalue weighted by molar-refractivity contribution is 5.82. The number of nitrogens with two attached hydrogens (primary N) is 1. The topological polar surface area (TPSA) is 81.4 Å². The summed E-state index contributed by atoms with van der Waals surface area (Å²) >= 11 is 0. The third-order valence-corrected chi connectivity index (χ3v) is 8.53. The van der Waals surface area contributed by atoms with E-state index in [0.29, 0.717) is 24.4 Å². The first-order chi connectivity index (χ1) is 13.9. The summed E-state index contributed by atoms with van der Waals surface area (Å²) in [4.78, 5) is 25.1. The molecule has 5 nitrogen and oxygen atoms in total. The van der Waals surface area contributed by atoms with Crippen LogP contribution >= 0.6 is 0 Å². The lowest BCUT2D eigenvalue weighted by Gasteiger charge is -2.57. The van der Waals surface area contributed by atoms with Crippen molar-refractivity contribution in [3.05, 3.63) is 12.2 Å². The van der Waals surface area contributed by atoms with Crippen LogP contribution < -0.4 is 11.1 Å². The largest absolute Gasteiger partial charge is 0.463 e. The second kappa shape index (κ2) is 8.29. The Bertz CT molecular complexity index is 697. The minimum absolute atomic E-state index is 0.0511. The van der Waals surface area contributed by atoms with Crippen molar-refractivity contribution in [3.63, 3.8) is 0 Å². The maximum atomic E-state index is 13.1. The summed E-state index contributed by atoms with van der Waals surface area (Å²) in [6.45, 7) is 13.0. The molecule has 0 spiro atoms. The van der Waals surface area contributed by atoms with E-state index in [1.807, 2.05) is 13.0 Å². The van der Waals surface area contributed by atoms with Crippen LogP contribution in [0.4, 0.5) is 0 Å². The van der Waals surface area contributed by atoms with Crippen LogP contribution in [0, 0.1) is 34.5 Å². The van der Waals surface area contributed by atoms with E-state index in [9.17, 15) is 9.59 Å². The smallest absolute Gasteiger partial charge is 0.330 e. The molecule has 0 bridgehead atoms. The van der Waals surface area contributed by atoms with Crippen molar-refractivity contribution in [1.82, 2.24) is 5.32 Å². The number of hydrogen-bond donors (Lipinski definition) is 2.